The maximum Gasteiger partial charge on any atom is 0.430 e. The standard InChI is InChI=1S/C19H16F12O4/c20-16(21,22)14(17(23,24)25,34-8-12-6-32-12)5-10-2-1-3-11(4-10)15(18(26,27)28,19(29,30)31)35-9-13-7-33-13/h1-4,12-13H,5-9H2. The number of rotatable bonds is 9. The van der Waals surface area contributed by atoms with Crippen LogP contribution >= 0.6 is 0 Å². The molecule has 200 valence electrons. The van der Waals surface area contributed by atoms with Crippen molar-refractivity contribution in [3.63, 3.8) is 0 Å². The van der Waals surface area contributed by atoms with Gasteiger partial charge in [0.15, 0.2) is 0 Å². The van der Waals surface area contributed by atoms with E-state index in [4.69, 9.17) is 0 Å². The summed E-state index contributed by atoms with van der Waals surface area (Å²) in [4.78, 5) is 0. The summed E-state index contributed by atoms with van der Waals surface area (Å²) in [6.07, 6.45) is -29.0. The Balaban J connectivity index is 2.08. The smallest absolute Gasteiger partial charge is 0.371 e. The van der Waals surface area contributed by atoms with Gasteiger partial charge in [-0.3, -0.25) is 0 Å². The highest BCUT2D eigenvalue weighted by Crippen LogP contribution is 2.54. The number of benzene rings is 1. The number of hydrogen-bond acceptors (Lipinski definition) is 4. The Morgan fingerprint density at radius 2 is 1.14 bits per heavy atom. The first-order chi connectivity index (χ1) is 15.8. The van der Waals surface area contributed by atoms with Crippen LogP contribution in [0.1, 0.15) is 11.1 Å². The van der Waals surface area contributed by atoms with Crippen molar-refractivity contribution in [1.82, 2.24) is 0 Å². The number of epoxide rings is 2. The first kappa shape index (κ1) is 27.8. The summed E-state index contributed by atoms with van der Waals surface area (Å²) < 4.78 is 182. The average molecular weight is 536 g/mol. The Kier molecular flexibility index (Phi) is 7.11. The maximum absolute atomic E-state index is 13.8. The van der Waals surface area contributed by atoms with Crippen molar-refractivity contribution in [2.45, 2.75) is 54.5 Å². The minimum atomic E-state index is -6.19. The van der Waals surface area contributed by atoms with Crippen LogP contribution in [0.3, 0.4) is 0 Å². The van der Waals surface area contributed by atoms with Gasteiger partial charge in [0.2, 0.25) is 0 Å². The fourth-order valence-electron chi connectivity index (χ4n) is 3.28. The van der Waals surface area contributed by atoms with Crippen LogP contribution in [0.25, 0.3) is 0 Å². The molecule has 1 aromatic rings. The average Bonchev–Trinajstić information content (AvgIpc) is 3.56. The van der Waals surface area contributed by atoms with Crippen LogP contribution in [-0.2, 0) is 31.0 Å². The maximum atomic E-state index is 13.8. The van der Waals surface area contributed by atoms with Crippen molar-refractivity contribution in [2.24, 2.45) is 0 Å². The van der Waals surface area contributed by atoms with E-state index in [1.165, 1.54) is 0 Å². The zero-order valence-corrected chi connectivity index (χ0v) is 17.2. The molecule has 2 unspecified atom stereocenters. The van der Waals surface area contributed by atoms with Gasteiger partial charge in [0.1, 0.15) is 12.2 Å². The predicted molar refractivity (Wildman–Crippen MR) is 90.2 cm³/mol. The van der Waals surface area contributed by atoms with Gasteiger partial charge in [0, 0.05) is 12.0 Å². The van der Waals surface area contributed by atoms with Gasteiger partial charge in [-0.1, -0.05) is 24.3 Å². The van der Waals surface area contributed by atoms with Crippen LogP contribution in [-0.4, -0.2) is 68.9 Å². The summed E-state index contributed by atoms with van der Waals surface area (Å²) in [6, 6.07) is 1.18. The molecular weight excluding hydrogens is 520 g/mol. The molecule has 2 fully saturated rings. The van der Waals surface area contributed by atoms with Gasteiger partial charge in [-0.15, -0.1) is 0 Å². The highest BCUT2D eigenvalue weighted by Gasteiger charge is 2.74. The molecule has 35 heavy (non-hydrogen) atoms. The molecule has 0 bridgehead atoms. The van der Waals surface area contributed by atoms with Crippen molar-refractivity contribution >= 4 is 0 Å². The molecule has 2 atom stereocenters. The van der Waals surface area contributed by atoms with Crippen LogP contribution in [0.2, 0.25) is 0 Å². The summed E-state index contributed by atoms with van der Waals surface area (Å²) >= 11 is 0. The Bertz CT molecular complexity index is 854. The van der Waals surface area contributed by atoms with Crippen molar-refractivity contribution in [2.75, 3.05) is 26.4 Å². The lowest BCUT2D eigenvalue weighted by atomic mass is 9.87. The van der Waals surface area contributed by atoms with Crippen molar-refractivity contribution in [3.8, 4) is 0 Å². The Labute approximate surface area is 189 Å². The Morgan fingerprint density at radius 1 is 0.686 bits per heavy atom. The lowest BCUT2D eigenvalue weighted by Crippen LogP contribution is -2.60. The van der Waals surface area contributed by atoms with Crippen LogP contribution in [0, 0.1) is 0 Å². The molecule has 3 rings (SSSR count). The molecule has 0 N–H and O–H groups in total. The van der Waals surface area contributed by atoms with Gasteiger partial charge in [0.05, 0.1) is 26.4 Å². The van der Waals surface area contributed by atoms with Gasteiger partial charge in [-0.25, -0.2) is 0 Å². The molecular formula is C19H16F12O4. The molecule has 4 nitrogen and oxygen atoms in total. The number of ether oxygens (including phenoxy) is 4. The third-order valence-corrected chi connectivity index (χ3v) is 5.31. The second-order valence-electron chi connectivity index (χ2n) is 7.91. The van der Waals surface area contributed by atoms with Crippen molar-refractivity contribution in [3.05, 3.63) is 35.4 Å². The minimum absolute atomic E-state index is 0.0576. The molecule has 1 aromatic carbocycles. The van der Waals surface area contributed by atoms with Crippen LogP contribution in [0.15, 0.2) is 24.3 Å². The quantitative estimate of drug-likeness (QED) is 0.320. The predicted octanol–water partition coefficient (Wildman–Crippen LogP) is 5.24. The second-order valence-corrected chi connectivity index (χ2v) is 7.91. The number of hydrogen-bond donors (Lipinski definition) is 0. The first-order valence-corrected chi connectivity index (χ1v) is 9.71. The molecule has 16 heteroatoms. The van der Waals surface area contributed by atoms with E-state index in [1.54, 1.807) is 0 Å². The third-order valence-electron chi connectivity index (χ3n) is 5.31. The SMILES string of the molecule is FC(F)(F)C(Cc1cccc(C(OCC2CO2)(C(F)(F)F)C(F)(F)F)c1)(OCC1CO1)C(F)(F)F. The van der Waals surface area contributed by atoms with Crippen molar-refractivity contribution in [1.29, 1.82) is 0 Å². The molecule has 0 spiro atoms. The van der Waals surface area contributed by atoms with Gasteiger partial charge >= 0.3 is 24.7 Å². The molecule has 0 aliphatic carbocycles. The van der Waals surface area contributed by atoms with E-state index >= 15 is 0 Å². The summed E-state index contributed by atoms with van der Waals surface area (Å²) in [7, 11) is 0. The van der Waals surface area contributed by atoms with E-state index < -0.39 is 78.9 Å². The first-order valence-electron chi connectivity index (χ1n) is 9.71. The van der Waals surface area contributed by atoms with Crippen LogP contribution in [0.5, 0.6) is 0 Å². The van der Waals surface area contributed by atoms with Gasteiger partial charge in [-0.05, 0) is 5.56 Å². The zero-order valence-electron chi connectivity index (χ0n) is 17.2. The highest BCUT2D eigenvalue weighted by atomic mass is 19.4. The number of halogens is 12. The molecule has 0 radical (unpaired) electrons. The fourth-order valence-corrected chi connectivity index (χ4v) is 3.28. The van der Waals surface area contributed by atoms with Gasteiger partial charge < -0.3 is 18.9 Å². The van der Waals surface area contributed by atoms with E-state index in [1.807, 2.05) is 0 Å². The molecule has 0 saturated carbocycles. The summed E-state index contributed by atoms with van der Waals surface area (Å²) in [5.74, 6) is 0. The van der Waals surface area contributed by atoms with E-state index in [9.17, 15) is 52.7 Å². The number of alkyl halides is 12. The monoisotopic (exact) mass is 536 g/mol. The summed E-state index contributed by atoms with van der Waals surface area (Å²) in [6.45, 7) is -2.70. The van der Waals surface area contributed by atoms with Crippen LogP contribution < -0.4 is 0 Å². The largest absolute Gasteiger partial charge is 0.430 e. The summed E-state index contributed by atoms with van der Waals surface area (Å²) in [5, 5.41) is 0. The van der Waals surface area contributed by atoms with E-state index in [0.29, 0.717) is 12.1 Å². The lowest BCUT2D eigenvalue weighted by molar-refractivity contribution is -0.390. The van der Waals surface area contributed by atoms with Gasteiger partial charge in [0.25, 0.3) is 11.2 Å². The highest BCUT2D eigenvalue weighted by molar-refractivity contribution is 5.33. The normalized spacial score (nSPS) is 21.8. The van der Waals surface area contributed by atoms with Gasteiger partial charge in [-0.2, -0.15) is 52.7 Å². The molecule has 0 amide bonds. The van der Waals surface area contributed by atoms with E-state index in [-0.39, 0.29) is 25.3 Å². The van der Waals surface area contributed by atoms with Crippen LogP contribution in [0.4, 0.5) is 52.7 Å². The fraction of sp³-hybridized carbons (Fsp3) is 0.684. The second kappa shape index (κ2) is 8.95. The molecule has 2 aliphatic heterocycles. The Hall–Kier alpha value is -1.78. The molecule has 0 aromatic heterocycles. The van der Waals surface area contributed by atoms with E-state index in [2.05, 4.69) is 18.9 Å². The molecule has 2 heterocycles. The minimum Gasteiger partial charge on any atom is -0.371 e. The Morgan fingerprint density at radius 3 is 1.54 bits per heavy atom. The lowest BCUT2D eigenvalue weighted by Gasteiger charge is -2.39. The van der Waals surface area contributed by atoms with Crippen molar-refractivity contribution < 1.29 is 71.6 Å². The van der Waals surface area contributed by atoms with E-state index in [0.717, 1.165) is 0 Å². The zero-order chi connectivity index (χ0) is 26.5. The summed E-state index contributed by atoms with van der Waals surface area (Å²) in [5.41, 5.74) is -12.9. The third kappa shape index (κ3) is 5.49. The molecule has 2 aliphatic rings. The topological polar surface area (TPSA) is 43.5 Å². The molecule has 2 saturated heterocycles.